The Morgan fingerprint density at radius 3 is 2.47 bits per heavy atom. The molecule has 0 bridgehead atoms. The lowest BCUT2D eigenvalue weighted by atomic mass is 10.1. The molecule has 0 aliphatic rings. The van der Waals surface area contributed by atoms with Gasteiger partial charge in [0.1, 0.15) is 0 Å². The van der Waals surface area contributed by atoms with Crippen LogP contribution in [0.15, 0.2) is 24.3 Å². The maximum Gasteiger partial charge on any atom is 0.0453 e. The largest absolute Gasteiger partial charge is 0.310 e. The van der Waals surface area contributed by atoms with Gasteiger partial charge in [0.05, 0.1) is 0 Å². The number of hydrogen-bond donors (Lipinski definition) is 1. The Balaban J connectivity index is 2.21. The zero-order valence-electron chi connectivity index (χ0n) is 12.6. The summed E-state index contributed by atoms with van der Waals surface area (Å²) in [4.78, 5) is 2.39. The van der Waals surface area contributed by atoms with E-state index < -0.39 is 0 Å². The standard InChI is InChI=1S/C16H27ClN2/c1-13(2)19(4)12-8-7-11-18-14(3)15-9-5-6-10-16(15)17/h5-6,9-10,13-14,18H,7-8,11-12H2,1-4H3. The van der Waals surface area contributed by atoms with Crippen LogP contribution in [0.3, 0.4) is 0 Å². The second-order valence-corrected chi connectivity index (χ2v) is 5.89. The van der Waals surface area contributed by atoms with Crippen molar-refractivity contribution in [3.05, 3.63) is 34.9 Å². The van der Waals surface area contributed by atoms with E-state index in [4.69, 9.17) is 11.6 Å². The second kappa shape index (κ2) is 8.57. The van der Waals surface area contributed by atoms with Gasteiger partial charge in [0.15, 0.2) is 0 Å². The van der Waals surface area contributed by atoms with Crippen molar-refractivity contribution in [3.63, 3.8) is 0 Å². The summed E-state index contributed by atoms with van der Waals surface area (Å²) in [7, 11) is 2.18. The van der Waals surface area contributed by atoms with Crippen LogP contribution in [0.1, 0.15) is 45.2 Å². The molecule has 0 aliphatic heterocycles. The van der Waals surface area contributed by atoms with Crippen molar-refractivity contribution >= 4 is 11.6 Å². The average molecular weight is 283 g/mol. The highest BCUT2D eigenvalue weighted by Gasteiger charge is 2.08. The van der Waals surface area contributed by atoms with Gasteiger partial charge in [-0.25, -0.2) is 0 Å². The van der Waals surface area contributed by atoms with E-state index in [0.717, 1.165) is 11.6 Å². The smallest absolute Gasteiger partial charge is 0.0453 e. The fourth-order valence-electron chi connectivity index (χ4n) is 2.00. The van der Waals surface area contributed by atoms with Crippen LogP contribution in [0.2, 0.25) is 5.02 Å². The lowest BCUT2D eigenvalue weighted by Gasteiger charge is -2.21. The van der Waals surface area contributed by atoms with Gasteiger partial charge in [0.2, 0.25) is 0 Å². The summed E-state index contributed by atoms with van der Waals surface area (Å²) in [5.41, 5.74) is 1.18. The molecular weight excluding hydrogens is 256 g/mol. The number of nitrogens with zero attached hydrogens (tertiary/aromatic N) is 1. The summed E-state index contributed by atoms with van der Waals surface area (Å²) in [6.45, 7) is 8.84. The molecule has 1 rings (SSSR count). The van der Waals surface area contributed by atoms with Crippen LogP contribution in [0.5, 0.6) is 0 Å². The molecule has 0 aliphatic carbocycles. The summed E-state index contributed by atoms with van der Waals surface area (Å²) >= 11 is 6.19. The molecule has 1 N–H and O–H groups in total. The highest BCUT2D eigenvalue weighted by atomic mass is 35.5. The van der Waals surface area contributed by atoms with Crippen molar-refractivity contribution in [1.82, 2.24) is 10.2 Å². The third kappa shape index (κ3) is 5.94. The molecule has 1 aromatic carbocycles. The van der Waals surface area contributed by atoms with Crippen LogP contribution in [0, 0.1) is 0 Å². The van der Waals surface area contributed by atoms with Crippen LogP contribution >= 0.6 is 11.6 Å². The van der Waals surface area contributed by atoms with Gasteiger partial charge in [-0.2, -0.15) is 0 Å². The van der Waals surface area contributed by atoms with E-state index in [-0.39, 0.29) is 0 Å². The predicted octanol–water partition coefficient (Wildman–Crippen LogP) is 4.11. The Bertz CT molecular complexity index is 366. The maximum atomic E-state index is 6.19. The van der Waals surface area contributed by atoms with Gasteiger partial charge in [-0.1, -0.05) is 29.8 Å². The Kier molecular flexibility index (Phi) is 7.44. The van der Waals surface area contributed by atoms with E-state index in [1.54, 1.807) is 0 Å². The summed E-state index contributed by atoms with van der Waals surface area (Å²) in [6, 6.07) is 9.00. The third-order valence-electron chi connectivity index (χ3n) is 3.64. The molecule has 0 saturated heterocycles. The molecule has 1 aromatic rings. The first-order valence-electron chi connectivity index (χ1n) is 7.20. The van der Waals surface area contributed by atoms with Gasteiger partial charge >= 0.3 is 0 Å². The molecular formula is C16H27ClN2. The van der Waals surface area contributed by atoms with Crippen molar-refractivity contribution in [3.8, 4) is 0 Å². The molecule has 0 spiro atoms. The molecule has 1 atom stereocenters. The molecule has 0 saturated carbocycles. The van der Waals surface area contributed by atoms with Gasteiger partial charge in [0, 0.05) is 17.1 Å². The van der Waals surface area contributed by atoms with Crippen molar-refractivity contribution in [2.75, 3.05) is 20.1 Å². The van der Waals surface area contributed by atoms with E-state index in [1.165, 1.54) is 24.9 Å². The fraction of sp³-hybridized carbons (Fsp3) is 0.625. The summed E-state index contributed by atoms with van der Waals surface area (Å²) < 4.78 is 0. The highest BCUT2D eigenvalue weighted by molar-refractivity contribution is 6.31. The minimum absolute atomic E-state index is 0.316. The molecule has 108 valence electrons. The van der Waals surface area contributed by atoms with E-state index >= 15 is 0 Å². The molecule has 19 heavy (non-hydrogen) atoms. The maximum absolute atomic E-state index is 6.19. The molecule has 3 heteroatoms. The van der Waals surface area contributed by atoms with E-state index in [0.29, 0.717) is 12.1 Å². The first-order chi connectivity index (χ1) is 9.02. The zero-order valence-corrected chi connectivity index (χ0v) is 13.4. The van der Waals surface area contributed by atoms with Gasteiger partial charge < -0.3 is 10.2 Å². The molecule has 0 heterocycles. The van der Waals surface area contributed by atoms with Crippen LogP contribution in [0.4, 0.5) is 0 Å². The molecule has 1 unspecified atom stereocenters. The number of unbranched alkanes of at least 4 members (excludes halogenated alkanes) is 1. The summed E-state index contributed by atoms with van der Waals surface area (Å²) in [5, 5.41) is 4.39. The number of benzene rings is 1. The van der Waals surface area contributed by atoms with E-state index in [2.05, 4.69) is 44.1 Å². The lowest BCUT2D eigenvalue weighted by molar-refractivity contribution is 0.267. The topological polar surface area (TPSA) is 15.3 Å². The van der Waals surface area contributed by atoms with Crippen LogP contribution in [-0.4, -0.2) is 31.1 Å². The quantitative estimate of drug-likeness (QED) is 0.722. The minimum Gasteiger partial charge on any atom is -0.310 e. The Morgan fingerprint density at radius 2 is 1.84 bits per heavy atom. The average Bonchev–Trinajstić information content (AvgIpc) is 2.38. The van der Waals surface area contributed by atoms with Crippen LogP contribution in [0.25, 0.3) is 0 Å². The lowest BCUT2D eigenvalue weighted by Crippen LogP contribution is -2.28. The normalized spacial score (nSPS) is 13.2. The Morgan fingerprint density at radius 1 is 1.16 bits per heavy atom. The SMILES string of the molecule is CC(NCCCCN(C)C(C)C)c1ccccc1Cl. The van der Waals surface area contributed by atoms with Crippen LogP contribution < -0.4 is 5.32 Å². The highest BCUT2D eigenvalue weighted by Crippen LogP contribution is 2.21. The van der Waals surface area contributed by atoms with Gasteiger partial charge in [-0.05, 0) is 65.4 Å². The Hall–Kier alpha value is -0.570. The minimum atomic E-state index is 0.316. The number of rotatable bonds is 8. The first-order valence-corrected chi connectivity index (χ1v) is 7.58. The van der Waals surface area contributed by atoms with E-state index in [9.17, 15) is 0 Å². The van der Waals surface area contributed by atoms with Gasteiger partial charge in [-0.3, -0.25) is 0 Å². The van der Waals surface area contributed by atoms with Gasteiger partial charge in [0.25, 0.3) is 0 Å². The molecule has 0 radical (unpaired) electrons. The number of nitrogens with one attached hydrogen (secondary N) is 1. The summed E-state index contributed by atoms with van der Waals surface area (Å²) in [6.07, 6.45) is 2.43. The molecule has 0 fully saturated rings. The van der Waals surface area contributed by atoms with Gasteiger partial charge in [-0.15, -0.1) is 0 Å². The molecule has 0 aromatic heterocycles. The molecule has 2 nitrogen and oxygen atoms in total. The van der Waals surface area contributed by atoms with Crippen molar-refractivity contribution in [2.24, 2.45) is 0 Å². The zero-order chi connectivity index (χ0) is 14.3. The number of hydrogen-bond acceptors (Lipinski definition) is 2. The van der Waals surface area contributed by atoms with E-state index in [1.807, 2.05) is 18.2 Å². The first kappa shape index (κ1) is 16.5. The number of halogens is 1. The third-order valence-corrected chi connectivity index (χ3v) is 3.99. The van der Waals surface area contributed by atoms with Crippen molar-refractivity contribution in [2.45, 2.75) is 45.7 Å². The fourth-order valence-corrected chi connectivity index (χ4v) is 2.30. The Labute approximate surface area is 123 Å². The molecule has 0 amide bonds. The predicted molar refractivity (Wildman–Crippen MR) is 84.9 cm³/mol. The van der Waals surface area contributed by atoms with Crippen LogP contribution in [-0.2, 0) is 0 Å². The monoisotopic (exact) mass is 282 g/mol. The summed E-state index contributed by atoms with van der Waals surface area (Å²) in [5.74, 6) is 0. The van der Waals surface area contributed by atoms with Crippen molar-refractivity contribution in [1.29, 1.82) is 0 Å². The second-order valence-electron chi connectivity index (χ2n) is 5.48. The van der Waals surface area contributed by atoms with Crippen molar-refractivity contribution < 1.29 is 0 Å².